The third-order valence-electron chi connectivity index (χ3n) is 11.4. The normalized spacial score (nSPS) is 12.9. The van der Waals surface area contributed by atoms with Gasteiger partial charge in [0.15, 0.2) is 17.5 Å². The minimum absolute atomic E-state index is 0.535. The highest BCUT2D eigenvalue weighted by molar-refractivity contribution is 5.89. The van der Waals surface area contributed by atoms with Gasteiger partial charge in [-0.2, -0.15) is 0 Å². The molecule has 0 radical (unpaired) electrons. The summed E-state index contributed by atoms with van der Waals surface area (Å²) in [6, 6.07) is 65.4. The van der Waals surface area contributed by atoms with E-state index in [1.54, 1.807) is 0 Å². The summed E-state index contributed by atoms with van der Waals surface area (Å²) in [5.74, 6) is 3.41. The zero-order chi connectivity index (χ0) is 37.9. The molecule has 5 nitrogen and oxygen atoms in total. The predicted molar refractivity (Wildman–Crippen MR) is 227 cm³/mol. The first kappa shape index (κ1) is 32.9. The van der Waals surface area contributed by atoms with E-state index >= 15 is 0 Å². The molecule has 7 aromatic carbocycles. The molecule has 268 valence electrons. The first-order valence-electron chi connectivity index (χ1n) is 19.2. The van der Waals surface area contributed by atoms with Crippen LogP contribution < -0.4 is 4.74 Å². The van der Waals surface area contributed by atoms with E-state index in [0.717, 1.165) is 67.4 Å². The molecule has 2 aliphatic rings. The third kappa shape index (κ3) is 5.24. The number of pyridine rings is 1. The van der Waals surface area contributed by atoms with Gasteiger partial charge in [-0.05, 0) is 52.9 Å². The molecule has 0 unspecified atom stereocenters. The van der Waals surface area contributed by atoms with Crippen molar-refractivity contribution in [2.45, 2.75) is 12.3 Å². The first-order chi connectivity index (χ1) is 28.1. The van der Waals surface area contributed by atoms with Gasteiger partial charge in [-0.25, -0.2) is 15.0 Å². The van der Waals surface area contributed by atoms with Gasteiger partial charge >= 0.3 is 0 Å². The van der Waals surface area contributed by atoms with Gasteiger partial charge in [0.1, 0.15) is 11.5 Å². The van der Waals surface area contributed by atoms with Crippen LogP contribution in [0, 0.1) is 6.92 Å². The minimum atomic E-state index is -0.535. The largest absolute Gasteiger partial charge is 0.457 e. The van der Waals surface area contributed by atoms with Crippen LogP contribution in [0.3, 0.4) is 0 Å². The number of aryl methyl sites for hydroxylation is 1. The van der Waals surface area contributed by atoms with Crippen LogP contribution >= 0.6 is 0 Å². The second kappa shape index (κ2) is 13.1. The fourth-order valence-electron chi connectivity index (χ4n) is 8.79. The molecule has 1 spiro atoms. The molecule has 11 rings (SSSR count). The summed E-state index contributed by atoms with van der Waals surface area (Å²) in [5, 5.41) is 0. The summed E-state index contributed by atoms with van der Waals surface area (Å²) in [7, 11) is 0. The SMILES string of the molecule is Cc1nc(-c2ccccc2)ccc1-c1ccc(-c2nc(-c3ccccc3)nc(-c3ccc4c(c3)Oc3ccccc3C43c4ccccc4-c4ccccc43)n2)cc1. The molecule has 0 atom stereocenters. The lowest BCUT2D eigenvalue weighted by Gasteiger charge is -2.39. The van der Waals surface area contributed by atoms with E-state index in [4.69, 9.17) is 24.7 Å². The van der Waals surface area contributed by atoms with Crippen LogP contribution in [0.2, 0.25) is 0 Å². The van der Waals surface area contributed by atoms with Crippen LogP contribution in [0.15, 0.2) is 188 Å². The highest BCUT2D eigenvalue weighted by Crippen LogP contribution is 2.62. The molecule has 0 N–H and O–H groups in total. The average Bonchev–Trinajstić information content (AvgIpc) is 3.57. The Balaban J connectivity index is 1.03. The van der Waals surface area contributed by atoms with Crippen LogP contribution in [0.5, 0.6) is 11.5 Å². The van der Waals surface area contributed by atoms with Crippen LogP contribution in [-0.2, 0) is 5.41 Å². The quantitative estimate of drug-likeness (QED) is 0.176. The Hall–Kier alpha value is -7.50. The van der Waals surface area contributed by atoms with E-state index in [2.05, 4.69) is 140 Å². The Kier molecular flexibility index (Phi) is 7.54. The van der Waals surface area contributed by atoms with Crippen molar-refractivity contribution in [1.29, 1.82) is 0 Å². The molecule has 0 bridgehead atoms. The van der Waals surface area contributed by atoms with Crippen LogP contribution in [0.1, 0.15) is 27.9 Å². The molecule has 0 fully saturated rings. The molecule has 3 heterocycles. The standard InChI is InChI=1S/C52H34N4O/c1-33-39(29-31-46(53-33)35-14-4-2-5-15-35)34-24-26-37(27-25-34)50-54-49(36-16-6-3-7-17-36)55-51(56-50)38-28-30-45-48(32-38)57-47-23-13-12-22-44(47)52(45)42-20-10-8-18-40(42)41-19-9-11-21-43(41)52/h2-32H,1H3. The summed E-state index contributed by atoms with van der Waals surface area (Å²) in [6.45, 7) is 2.06. The van der Waals surface area contributed by atoms with E-state index in [9.17, 15) is 0 Å². The lowest BCUT2D eigenvalue weighted by molar-refractivity contribution is 0.436. The zero-order valence-electron chi connectivity index (χ0n) is 31.1. The molecule has 0 saturated heterocycles. The van der Waals surface area contributed by atoms with Crippen molar-refractivity contribution in [3.8, 4) is 79.2 Å². The Labute approximate surface area is 331 Å². The summed E-state index contributed by atoms with van der Waals surface area (Å²) in [5.41, 5.74) is 14.6. The van der Waals surface area contributed by atoms with Crippen molar-refractivity contribution in [1.82, 2.24) is 19.9 Å². The van der Waals surface area contributed by atoms with E-state index in [1.165, 1.54) is 22.3 Å². The van der Waals surface area contributed by atoms with Crippen molar-refractivity contribution in [3.05, 3.63) is 216 Å². The molecule has 57 heavy (non-hydrogen) atoms. The smallest absolute Gasteiger partial charge is 0.164 e. The Morgan fingerprint density at radius 1 is 0.351 bits per heavy atom. The fraction of sp³-hybridized carbons (Fsp3) is 0.0385. The Morgan fingerprint density at radius 2 is 0.842 bits per heavy atom. The highest BCUT2D eigenvalue weighted by atomic mass is 16.5. The summed E-state index contributed by atoms with van der Waals surface area (Å²) in [6.07, 6.45) is 0. The van der Waals surface area contributed by atoms with Gasteiger partial charge in [0.05, 0.1) is 11.1 Å². The average molecular weight is 731 g/mol. The number of nitrogens with zero attached hydrogens (tertiary/aromatic N) is 4. The number of para-hydroxylation sites is 1. The number of hydrogen-bond donors (Lipinski definition) is 0. The van der Waals surface area contributed by atoms with Gasteiger partial charge in [0.25, 0.3) is 0 Å². The molecule has 5 heteroatoms. The van der Waals surface area contributed by atoms with Crippen LogP contribution in [-0.4, -0.2) is 19.9 Å². The zero-order valence-corrected chi connectivity index (χ0v) is 31.1. The van der Waals surface area contributed by atoms with Gasteiger partial charge < -0.3 is 4.74 Å². The molecular weight excluding hydrogens is 697 g/mol. The van der Waals surface area contributed by atoms with E-state index < -0.39 is 5.41 Å². The predicted octanol–water partition coefficient (Wildman–Crippen LogP) is 12.4. The summed E-state index contributed by atoms with van der Waals surface area (Å²) in [4.78, 5) is 20.2. The molecular formula is C52H34N4O. The number of benzene rings is 7. The number of ether oxygens (including phenoxy) is 1. The number of fused-ring (bicyclic) bond motifs is 9. The topological polar surface area (TPSA) is 60.8 Å². The van der Waals surface area contributed by atoms with Crippen LogP contribution in [0.4, 0.5) is 0 Å². The van der Waals surface area contributed by atoms with Gasteiger partial charge in [-0.1, -0.05) is 170 Å². The number of rotatable bonds is 5. The Bertz CT molecular complexity index is 2950. The number of hydrogen-bond acceptors (Lipinski definition) is 5. The highest BCUT2D eigenvalue weighted by Gasteiger charge is 2.50. The van der Waals surface area contributed by atoms with Crippen molar-refractivity contribution in [3.63, 3.8) is 0 Å². The van der Waals surface area contributed by atoms with Gasteiger partial charge in [-0.15, -0.1) is 0 Å². The molecule has 0 amide bonds. The maximum absolute atomic E-state index is 6.81. The lowest BCUT2D eigenvalue weighted by Crippen LogP contribution is -2.32. The van der Waals surface area contributed by atoms with Crippen molar-refractivity contribution >= 4 is 0 Å². The summed E-state index contributed by atoms with van der Waals surface area (Å²) >= 11 is 0. The van der Waals surface area contributed by atoms with E-state index in [0.29, 0.717) is 17.5 Å². The van der Waals surface area contributed by atoms with Crippen LogP contribution in [0.25, 0.3) is 67.7 Å². The van der Waals surface area contributed by atoms with Gasteiger partial charge in [-0.3, -0.25) is 4.98 Å². The minimum Gasteiger partial charge on any atom is -0.457 e. The second-order valence-electron chi connectivity index (χ2n) is 14.6. The van der Waals surface area contributed by atoms with E-state index in [-0.39, 0.29) is 0 Å². The first-order valence-corrected chi connectivity index (χ1v) is 19.2. The molecule has 2 aromatic heterocycles. The lowest BCUT2D eigenvalue weighted by atomic mass is 9.66. The van der Waals surface area contributed by atoms with Crippen molar-refractivity contribution < 1.29 is 4.74 Å². The molecule has 9 aromatic rings. The van der Waals surface area contributed by atoms with Gasteiger partial charge in [0, 0.05) is 44.6 Å². The fourth-order valence-corrected chi connectivity index (χ4v) is 8.79. The monoisotopic (exact) mass is 730 g/mol. The molecule has 0 saturated carbocycles. The van der Waals surface area contributed by atoms with Gasteiger partial charge in [0.2, 0.25) is 0 Å². The maximum atomic E-state index is 6.81. The second-order valence-corrected chi connectivity index (χ2v) is 14.6. The maximum Gasteiger partial charge on any atom is 0.164 e. The number of aromatic nitrogens is 4. The van der Waals surface area contributed by atoms with E-state index in [1.807, 2.05) is 54.6 Å². The Morgan fingerprint density at radius 3 is 1.49 bits per heavy atom. The molecule has 1 aliphatic carbocycles. The van der Waals surface area contributed by atoms with Crippen molar-refractivity contribution in [2.75, 3.05) is 0 Å². The third-order valence-corrected chi connectivity index (χ3v) is 11.4. The van der Waals surface area contributed by atoms with Crippen molar-refractivity contribution in [2.24, 2.45) is 0 Å². The summed E-state index contributed by atoms with van der Waals surface area (Å²) < 4.78 is 6.81. The molecule has 1 aliphatic heterocycles.